The van der Waals surface area contributed by atoms with E-state index in [0.717, 1.165) is 5.56 Å². The number of benzene rings is 2. The van der Waals surface area contributed by atoms with E-state index in [0.29, 0.717) is 29.8 Å². The molecule has 3 aromatic rings. The Hall–Kier alpha value is -3.42. The maximum atomic E-state index is 12.8. The molecule has 0 bridgehead atoms. The van der Waals surface area contributed by atoms with Crippen LogP contribution < -0.4 is 4.90 Å². The average molecular weight is 366 g/mol. The van der Waals surface area contributed by atoms with E-state index in [1.54, 1.807) is 41.1 Å². The van der Waals surface area contributed by atoms with Gasteiger partial charge in [0.05, 0.1) is 5.92 Å². The molecule has 8 heteroatoms. The van der Waals surface area contributed by atoms with Crippen molar-refractivity contribution in [1.82, 2.24) is 15.2 Å². The Balaban J connectivity index is 1.45. The van der Waals surface area contributed by atoms with Crippen LogP contribution in [0.4, 0.5) is 5.69 Å². The Morgan fingerprint density at radius 1 is 1.26 bits per heavy atom. The molecule has 2 aromatic carbocycles. The van der Waals surface area contributed by atoms with E-state index >= 15 is 0 Å². The van der Waals surface area contributed by atoms with E-state index in [2.05, 4.69) is 14.9 Å². The minimum atomic E-state index is -0.415. The van der Waals surface area contributed by atoms with Crippen LogP contribution >= 0.6 is 0 Å². The van der Waals surface area contributed by atoms with E-state index in [1.165, 1.54) is 6.07 Å². The SMILES string of the molecule is CN(Cc1ccc2nonc2c1)C(=O)C1CC(=O)N(c2cccc(O)c2)C1. The van der Waals surface area contributed by atoms with Crippen molar-refractivity contribution in [3.63, 3.8) is 0 Å². The van der Waals surface area contributed by atoms with Crippen LogP contribution in [-0.2, 0) is 16.1 Å². The smallest absolute Gasteiger partial charge is 0.228 e. The van der Waals surface area contributed by atoms with Gasteiger partial charge in [-0.15, -0.1) is 0 Å². The molecule has 2 heterocycles. The summed E-state index contributed by atoms with van der Waals surface area (Å²) < 4.78 is 4.69. The molecule has 0 spiro atoms. The first-order valence-electron chi connectivity index (χ1n) is 8.57. The van der Waals surface area contributed by atoms with Crippen LogP contribution in [0.1, 0.15) is 12.0 Å². The van der Waals surface area contributed by atoms with Crippen LogP contribution in [0.15, 0.2) is 47.1 Å². The molecule has 1 N–H and O–H groups in total. The van der Waals surface area contributed by atoms with Crippen molar-refractivity contribution in [3.8, 4) is 5.75 Å². The number of nitrogens with zero attached hydrogens (tertiary/aromatic N) is 4. The predicted octanol–water partition coefficient (Wildman–Crippen LogP) is 1.94. The van der Waals surface area contributed by atoms with Gasteiger partial charge >= 0.3 is 0 Å². The van der Waals surface area contributed by atoms with Crippen molar-refractivity contribution in [1.29, 1.82) is 0 Å². The summed E-state index contributed by atoms with van der Waals surface area (Å²) in [5.74, 6) is -0.543. The van der Waals surface area contributed by atoms with Gasteiger partial charge in [0.25, 0.3) is 0 Å². The highest BCUT2D eigenvalue weighted by Gasteiger charge is 2.36. The highest BCUT2D eigenvalue weighted by atomic mass is 16.6. The summed E-state index contributed by atoms with van der Waals surface area (Å²) >= 11 is 0. The molecule has 1 aliphatic heterocycles. The van der Waals surface area contributed by atoms with Gasteiger partial charge in [-0.1, -0.05) is 12.1 Å². The number of phenolic OH excluding ortho intramolecular Hbond substituents is 1. The van der Waals surface area contributed by atoms with Gasteiger partial charge in [-0.2, -0.15) is 0 Å². The molecule has 1 atom stereocenters. The van der Waals surface area contributed by atoms with Crippen molar-refractivity contribution in [2.24, 2.45) is 5.92 Å². The molecule has 4 rings (SSSR count). The Labute approximate surface area is 154 Å². The quantitative estimate of drug-likeness (QED) is 0.757. The highest BCUT2D eigenvalue weighted by Crippen LogP contribution is 2.28. The lowest BCUT2D eigenvalue weighted by atomic mass is 10.1. The summed E-state index contributed by atoms with van der Waals surface area (Å²) in [4.78, 5) is 28.3. The Bertz CT molecular complexity index is 1020. The molecule has 1 unspecified atom stereocenters. The number of anilines is 1. The number of aromatic hydroxyl groups is 1. The minimum absolute atomic E-state index is 0.0879. The number of rotatable bonds is 4. The number of amides is 2. The Morgan fingerprint density at radius 3 is 2.89 bits per heavy atom. The Kier molecular flexibility index (Phi) is 4.23. The van der Waals surface area contributed by atoms with Crippen molar-refractivity contribution < 1.29 is 19.3 Å². The van der Waals surface area contributed by atoms with Gasteiger partial charge in [0, 0.05) is 38.3 Å². The predicted molar refractivity (Wildman–Crippen MR) is 96.8 cm³/mol. The summed E-state index contributed by atoms with van der Waals surface area (Å²) in [6, 6.07) is 12.0. The molecule has 0 saturated carbocycles. The van der Waals surface area contributed by atoms with Crippen molar-refractivity contribution in [3.05, 3.63) is 48.0 Å². The fraction of sp³-hybridized carbons (Fsp3) is 0.263. The van der Waals surface area contributed by atoms with E-state index in [1.807, 2.05) is 12.1 Å². The molecule has 8 nitrogen and oxygen atoms in total. The van der Waals surface area contributed by atoms with Crippen molar-refractivity contribution in [2.45, 2.75) is 13.0 Å². The third kappa shape index (κ3) is 3.33. The van der Waals surface area contributed by atoms with Gasteiger partial charge in [0.1, 0.15) is 16.8 Å². The van der Waals surface area contributed by atoms with Crippen LogP contribution in [-0.4, -0.2) is 45.7 Å². The van der Waals surface area contributed by atoms with Gasteiger partial charge < -0.3 is 14.9 Å². The zero-order valence-corrected chi connectivity index (χ0v) is 14.7. The molecule has 1 fully saturated rings. The van der Waals surface area contributed by atoms with Gasteiger partial charge in [-0.25, -0.2) is 4.63 Å². The number of phenols is 1. The van der Waals surface area contributed by atoms with Gasteiger partial charge in [0.2, 0.25) is 11.8 Å². The molecule has 1 saturated heterocycles. The standard InChI is InChI=1S/C19H18N4O4/c1-22(10-12-5-6-16-17(7-12)21-27-20-16)19(26)13-8-18(25)23(11-13)14-3-2-4-15(24)9-14/h2-7,9,13,24H,8,10-11H2,1H3. The van der Waals surface area contributed by atoms with Gasteiger partial charge in [-0.3, -0.25) is 9.59 Å². The highest BCUT2D eigenvalue weighted by molar-refractivity contribution is 6.00. The zero-order valence-electron chi connectivity index (χ0n) is 14.7. The molecule has 27 heavy (non-hydrogen) atoms. The van der Waals surface area contributed by atoms with Gasteiger partial charge in [-0.05, 0) is 40.1 Å². The molecule has 1 aliphatic rings. The molecule has 0 radical (unpaired) electrons. The van der Waals surface area contributed by atoms with E-state index in [9.17, 15) is 14.7 Å². The second-order valence-corrected chi connectivity index (χ2v) is 6.71. The third-order valence-electron chi connectivity index (χ3n) is 4.73. The number of carbonyl (C=O) groups is 2. The second-order valence-electron chi connectivity index (χ2n) is 6.71. The summed E-state index contributed by atoms with van der Waals surface area (Å²) in [5, 5.41) is 17.2. The summed E-state index contributed by atoms with van der Waals surface area (Å²) in [6.45, 7) is 0.705. The molecule has 0 aliphatic carbocycles. The minimum Gasteiger partial charge on any atom is -0.508 e. The van der Waals surface area contributed by atoms with E-state index in [4.69, 9.17) is 0 Å². The van der Waals surface area contributed by atoms with Crippen LogP contribution in [0.5, 0.6) is 5.75 Å². The molecule has 1 aromatic heterocycles. The second kappa shape index (κ2) is 6.71. The monoisotopic (exact) mass is 366 g/mol. The van der Waals surface area contributed by atoms with E-state index in [-0.39, 0.29) is 24.0 Å². The lowest BCUT2D eigenvalue weighted by molar-refractivity contribution is -0.135. The lowest BCUT2D eigenvalue weighted by Gasteiger charge is -2.21. The van der Waals surface area contributed by atoms with Crippen molar-refractivity contribution >= 4 is 28.5 Å². The summed E-state index contributed by atoms with van der Waals surface area (Å²) in [7, 11) is 1.72. The summed E-state index contributed by atoms with van der Waals surface area (Å²) in [6.07, 6.45) is 0.158. The van der Waals surface area contributed by atoms with Crippen molar-refractivity contribution in [2.75, 3.05) is 18.5 Å². The molecular formula is C19H18N4O4. The number of fused-ring (bicyclic) bond motifs is 1. The fourth-order valence-electron chi connectivity index (χ4n) is 3.37. The van der Waals surface area contributed by atoms with E-state index < -0.39 is 5.92 Å². The zero-order chi connectivity index (χ0) is 19.0. The lowest BCUT2D eigenvalue weighted by Crippen LogP contribution is -2.34. The van der Waals surface area contributed by atoms with Crippen LogP contribution in [0, 0.1) is 5.92 Å². The fourth-order valence-corrected chi connectivity index (χ4v) is 3.37. The number of aromatic nitrogens is 2. The maximum Gasteiger partial charge on any atom is 0.228 e. The maximum absolute atomic E-state index is 12.8. The summed E-state index contributed by atoms with van der Waals surface area (Å²) in [5.41, 5.74) is 2.81. The first-order valence-corrected chi connectivity index (χ1v) is 8.57. The van der Waals surface area contributed by atoms with Crippen LogP contribution in [0.2, 0.25) is 0 Å². The Morgan fingerprint density at radius 2 is 2.07 bits per heavy atom. The topological polar surface area (TPSA) is 99.8 Å². The van der Waals surface area contributed by atoms with Crippen LogP contribution in [0.3, 0.4) is 0 Å². The molecule has 138 valence electrons. The molecular weight excluding hydrogens is 348 g/mol. The average Bonchev–Trinajstić information content (AvgIpc) is 3.27. The number of carbonyl (C=O) groups excluding carboxylic acids is 2. The van der Waals surface area contributed by atoms with Crippen LogP contribution in [0.25, 0.3) is 11.0 Å². The first-order chi connectivity index (χ1) is 13.0. The van der Waals surface area contributed by atoms with Gasteiger partial charge in [0.15, 0.2) is 0 Å². The number of hydrogen-bond acceptors (Lipinski definition) is 6. The first kappa shape index (κ1) is 17.0. The normalized spacial score (nSPS) is 16.9. The number of hydrogen-bond donors (Lipinski definition) is 1. The third-order valence-corrected chi connectivity index (χ3v) is 4.73. The molecule has 2 amide bonds. The largest absolute Gasteiger partial charge is 0.508 e.